The highest BCUT2D eigenvalue weighted by Gasteiger charge is 2.33. The average molecular weight is 526 g/mol. The number of nitrogens with one attached hydrogen (secondary N) is 3. The zero-order valence-electron chi connectivity index (χ0n) is 18.8. The number of aromatic nitrogens is 2. The van der Waals surface area contributed by atoms with Crippen molar-refractivity contribution in [3.63, 3.8) is 0 Å². The largest absolute Gasteiger partial charge is 0.343 e. The van der Waals surface area contributed by atoms with Crippen LogP contribution < -0.4 is 16.0 Å². The molecule has 4 rings (SSSR count). The molecular weight excluding hydrogens is 501 g/mol. The number of anilines is 1. The molecule has 0 unspecified atom stereocenters. The molecular formula is C21H25ClFN7O4S. The molecule has 0 aromatic carbocycles. The molecule has 2 aliphatic heterocycles. The Morgan fingerprint density at radius 2 is 1.97 bits per heavy atom. The SMILES string of the molecule is CN1CCc2nc(C(=O)N[C@@H]3CN(C=O)CC[C@@H]3NC(=O)C(=O)Nc3ccc(F)cn3)sc2C1.Cl. The molecule has 0 saturated carbocycles. The predicted octanol–water partition coefficient (Wildman–Crippen LogP) is 0.171. The van der Waals surface area contributed by atoms with E-state index >= 15 is 0 Å². The van der Waals surface area contributed by atoms with Gasteiger partial charge in [0.1, 0.15) is 11.6 Å². The number of amides is 4. The fourth-order valence-corrected chi connectivity index (χ4v) is 4.99. The standard InChI is InChI=1S/C21H24FN7O4S.ClH/c1-28-6-4-14-16(10-28)34-21(26-14)20(33)25-15-9-29(11-30)7-5-13(15)24-18(31)19(32)27-17-3-2-12(22)8-23-17;/h2-3,8,11,13,15H,4-7,9-10H2,1H3,(H,24,31)(H,25,33)(H,23,27,32);1H/t13-,15+;/m0./s1. The van der Waals surface area contributed by atoms with Gasteiger partial charge in [0.15, 0.2) is 5.01 Å². The van der Waals surface area contributed by atoms with Gasteiger partial charge < -0.3 is 25.8 Å². The van der Waals surface area contributed by atoms with Gasteiger partial charge >= 0.3 is 11.8 Å². The lowest BCUT2D eigenvalue weighted by atomic mass is 9.99. The molecule has 0 spiro atoms. The molecule has 2 aliphatic rings. The van der Waals surface area contributed by atoms with E-state index in [0.717, 1.165) is 42.3 Å². The van der Waals surface area contributed by atoms with Gasteiger partial charge in [0, 0.05) is 37.5 Å². The zero-order chi connectivity index (χ0) is 24.2. The summed E-state index contributed by atoms with van der Waals surface area (Å²) in [6, 6.07) is 1.14. The van der Waals surface area contributed by atoms with Crippen molar-refractivity contribution in [3.05, 3.63) is 39.7 Å². The Morgan fingerprint density at radius 3 is 2.69 bits per heavy atom. The molecule has 14 heteroatoms. The first-order chi connectivity index (χ1) is 16.3. The summed E-state index contributed by atoms with van der Waals surface area (Å²) in [7, 11) is 2.01. The zero-order valence-corrected chi connectivity index (χ0v) is 20.5. The summed E-state index contributed by atoms with van der Waals surface area (Å²) in [5, 5.41) is 8.11. The second kappa shape index (κ2) is 11.5. The number of fused-ring (bicyclic) bond motifs is 1. The van der Waals surface area contributed by atoms with E-state index in [1.807, 2.05) is 7.05 Å². The van der Waals surface area contributed by atoms with Crippen molar-refractivity contribution in [2.45, 2.75) is 31.5 Å². The Labute approximate surface area is 210 Å². The van der Waals surface area contributed by atoms with Crippen LogP contribution in [0, 0.1) is 5.82 Å². The van der Waals surface area contributed by atoms with Crippen LogP contribution in [0.5, 0.6) is 0 Å². The number of carbonyl (C=O) groups is 4. The Balaban J connectivity index is 0.00000342. The first-order valence-corrected chi connectivity index (χ1v) is 11.5. The molecule has 2 atom stereocenters. The van der Waals surface area contributed by atoms with Gasteiger partial charge in [-0.3, -0.25) is 19.2 Å². The number of hydrogen-bond acceptors (Lipinski definition) is 8. The quantitative estimate of drug-likeness (QED) is 0.374. The summed E-state index contributed by atoms with van der Waals surface area (Å²) >= 11 is 1.33. The topological polar surface area (TPSA) is 137 Å². The van der Waals surface area contributed by atoms with Crippen LogP contribution in [0.25, 0.3) is 0 Å². The normalized spacial score (nSPS) is 19.7. The number of halogens is 2. The molecule has 4 heterocycles. The number of pyridine rings is 1. The fourth-order valence-electron chi connectivity index (χ4n) is 3.90. The molecule has 3 N–H and O–H groups in total. The summed E-state index contributed by atoms with van der Waals surface area (Å²) in [6.07, 6.45) is 2.72. The average Bonchev–Trinajstić information content (AvgIpc) is 3.25. The van der Waals surface area contributed by atoms with Gasteiger partial charge in [0.05, 0.1) is 24.0 Å². The number of rotatable bonds is 5. The minimum Gasteiger partial charge on any atom is -0.343 e. The summed E-state index contributed by atoms with van der Waals surface area (Å²) in [5.41, 5.74) is 0.919. The lowest BCUT2D eigenvalue weighted by molar-refractivity contribution is -0.137. The van der Waals surface area contributed by atoms with Crippen molar-refractivity contribution in [1.82, 2.24) is 30.4 Å². The summed E-state index contributed by atoms with van der Waals surface area (Å²) in [4.78, 5) is 61.8. The van der Waals surface area contributed by atoms with Crippen LogP contribution in [0.4, 0.5) is 10.2 Å². The van der Waals surface area contributed by atoms with E-state index in [9.17, 15) is 23.6 Å². The van der Waals surface area contributed by atoms with E-state index in [2.05, 4.69) is 30.8 Å². The first-order valence-electron chi connectivity index (χ1n) is 10.7. The number of nitrogens with zero attached hydrogens (tertiary/aromatic N) is 4. The van der Waals surface area contributed by atoms with Gasteiger partial charge in [0.25, 0.3) is 5.91 Å². The van der Waals surface area contributed by atoms with Crippen molar-refractivity contribution in [3.8, 4) is 0 Å². The molecule has 35 heavy (non-hydrogen) atoms. The molecule has 0 radical (unpaired) electrons. The van der Waals surface area contributed by atoms with Gasteiger partial charge in [-0.05, 0) is 25.6 Å². The Hall–Kier alpha value is -3.16. The number of carbonyl (C=O) groups excluding carboxylic acids is 4. The van der Waals surface area contributed by atoms with Crippen LogP contribution in [-0.4, -0.2) is 82.7 Å². The van der Waals surface area contributed by atoms with Crippen LogP contribution in [-0.2, 0) is 27.3 Å². The highest BCUT2D eigenvalue weighted by molar-refractivity contribution is 7.13. The summed E-state index contributed by atoms with van der Waals surface area (Å²) in [6.45, 7) is 2.15. The number of thiazole rings is 1. The van der Waals surface area contributed by atoms with E-state index in [0.29, 0.717) is 24.4 Å². The maximum absolute atomic E-state index is 13.0. The van der Waals surface area contributed by atoms with Crippen LogP contribution in [0.15, 0.2) is 18.3 Å². The molecule has 1 fully saturated rings. The molecule has 188 valence electrons. The van der Waals surface area contributed by atoms with Crippen LogP contribution in [0.3, 0.4) is 0 Å². The van der Waals surface area contributed by atoms with Crippen LogP contribution in [0.2, 0.25) is 0 Å². The molecule has 0 bridgehead atoms. The Bertz CT molecular complexity index is 1100. The third kappa shape index (κ3) is 6.50. The maximum atomic E-state index is 13.0. The first kappa shape index (κ1) is 26.4. The van der Waals surface area contributed by atoms with Crippen molar-refractivity contribution >= 4 is 53.7 Å². The number of piperidine rings is 1. The van der Waals surface area contributed by atoms with Crippen LogP contribution in [0.1, 0.15) is 26.8 Å². The number of likely N-dealkylation sites (N-methyl/N-ethyl adjacent to an activating group) is 1. The van der Waals surface area contributed by atoms with Crippen LogP contribution >= 0.6 is 23.7 Å². The number of hydrogen-bond donors (Lipinski definition) is 3. The van der Waals surface area contributed by atoms with Gasteiger partial charge in [0.2, 0.25) is 6.41 Å². The highest BCUT2D eigenvalue weighted by Crippen LogP contribution is 2.24. The Morgan fingerprint density at radius 1 is 1.17 bits per heavy atom. The molecule has 11 nitrogen and oxygen atoms in total. The molecule has 0 aliphatic carbocycles. The lowest BCUT2D eigenvalue weighted by Gasteiger charge is -2.37. The second-order valence-corrected chi connectivity index (χ2v) is 9.33. The third-order valence-electron chi connectivity index (χ3n) is 5.72. The van der Waals surface area contributed by atoms with Crippen molar-refractivity contribution in [1.29, 1.82) is 0 Å². The smallest absolute Gasteiger partial charge is 0.314 e. The van der Waals surface area contributed by atoms with Crippen molar-refractivity contribution < 1.29 is 23.6 Å². The Kier molecular flexibility index (Phi) is 8.70. The highest BCUT2D eigenvalue weighted by atomic mass is 35.5. The summed E-state index contributed by atoms with van der Waals surface area (Å²) in [5.74, 6) is -2.84. The maximum Gasteiger partial charge on any atom is 0.314 e. The minimum absolute atomic E-state index is 0. The van der Waals surface area contributed by atoms with E-state index in [-0.39, 0.29) is 30.7 Å². The molecule has 1 saturated heterocycles. The van der Waals surface area contributed by atoms with Gasteiger partial charge in [-0.15, -0.1) is 23.7 Å². The van der Waals surface area contributed by atoms with Gasteiger partial charge in [-0.2, -0.15) is 0 Å². The van der Waals surface area contributed by atoms with Crippen molar-refractivity contribution in [2.24, 2.45) is 0 Å². The second-order valence-electron chi connectivity index (χ2n) is 8.24. The van der Waals surface area contributed by atoms with Crippen molar-refractivity contribution in [2.75, 3.05) is 32.0 Å². The molecule has 2 aromatic rings. The minimum atomic E-state index is -0.973. The van der Waals surface area contributed by atoms with E-state index < -0.39 is 29.7 Å². The third-order valence-corrected chi connectivity index (χ3v) is 6.80. The van der Waals surface area contributed by atoms with E-state index in [1.165, 1.54) is 22.3 Å². The molecule has 4 amide bonds. The molecule has 2 aromatic heterocycles. The van der Waals surface area contributed by atoms with E-state index in [1.54, 1.807) is 0 Å². The summed E-state index contributed by atoms with van der Waals surface area (Å²) < 4.78 is 13.0. The fraction of sp³-hybridized carbons (Fsp3) is 0.429. The monoisotopic (exact) mass is 525 g/mol. The number of likely N-dealkylation sites (tertiary alicyclic amines) is 1. The predicted molar refractivity (Wildman–Crippen MR) is 128 cm³/mol. The lowest BCUT2D eigenvalue weighted by Crippen LogP contribution is -2.61. The van der Waals surface area contributed by atoms with Gasteiger partial charge in [-0.25, -0.2) is 14.4 Å². The van der Waals surface area contributed by atoms with Gasteiger partial charge in [-0.1, -0.05) is 0 Å². The van der Waals surface area contributed by atoms with E-state index in [4.69, 9.17) is 0 Å².